The van der Waals surface area contributed by atoms with Gasteiger partial charge in [-0.2, -0.15) is 0 Å². The number of nitrogen functional groups attached to an aromatic ring is 1. The van der Waals surface area contributed by atoms with Gasteiger partial charge in [-0.25, -0.2) is 4.39 Å². The lowest BCUT2D eigenvalue weighted by Gasteiger charge is -2.08. The highest BCUT2D eigenvalue weighted by molar-refractivity contribution is 6.04. The average Bonchev–Trinajstić information content (AvgIpc) is 2.42. The van der Waals surface area contributed by atoms with Crippen LogP contribution in [0.5, 0.6) is 11.5 Å². The van der Waals surface area contributed by atoms with Crippen LogP contribution in [0.1, 0.15) is 10.4 Å². The van der Waals surface area contributed by atoms with Gasteiger partial charge in [0.25, 0.3) is 5.91 Å². The topological polar surface area (TPSA) is 84.6 Å². The molecule has 1 amide bonds. The van der Waals surface area contributed by atoms with Crippen molar-refractivity contribution >= 4 is 17.3 Å². The minimum Gasteiger partial charge on any atom is -0.504 e. The predicted octanol–water partition coefficient (Wildman–Crippen LogP) is 2.37. The van der Waals surface area contributed by atoms with Crippen LogP contribution in [0.25, 0.3) is 0 Å². The number of anilines is 2. The summed E-state index contributed by atoms with van der Waals surface area (Å²) in [5.74, 6) is -0.870. The summed E-state index contributed by atoms with van der Waals surface area (Å²) in [6.45, 7) is 0. The monoisotopic (exact) mass is 276 g/mol. The van der Waals surface area contributed by atoms with Gasteiger partial charge in [-0.05, 0) is 36.4 Å². The van der Waals surface area contributed by atoms with Crippen molar-refractivity contribution in [2.75, 3.05) is 18.2 Å². The molecule has 5 nitrogen and oxygen atoms in total. The van der Waals surface area contributed by atoms with Gasteiger partial charge in [0.05, 0.1) is 12.8 Å². The Morgan fingerprint density at radius 2 is 2.05 bits per heavy atom. The normalized spacial score (nSPS) is 10.1. The zero-order chi connectivity index (χ0) is 14.7. The Kier molecular flexibility index (Phi) is 3.74. The van der Waals surface area contributed by atoms with Crippen molar-refractivity contribution in [1.29, 1.82) is 0 Å². The van der Waals surface area contributed by atoms with E-state index in [0.29, 0.717) is 5.69 Å². The molecule has 2 rings (SSSR count). The number of ether oxygens (including phenoxy) is 1. The number of nitrogens with one attached hydrogen (secondary N) is 1. The third-order valence-electron chi connectivity index (χ3n) is 2.69. The fraction of sp³-hybridized carbons (Fsp3) is 0.0714. The lowest BCUT2D eigenvalue weighted by molar-refractivity contribution is 0.102. The SMILES string of the molecule is COc1ccc(C(=O)Nc2ccc(F)c(N)c2)cc1O. The van der Waals surface area contributed by atoms with Crippen LogP contribution in [0.4, 0.5) is 15.8 Å². The van der Waals surface area contributed by atoms with Crippen LogP contribution in [-0.2, 0) is 0 Å². The van der Waals surface area contributed by atoms with Gasteiger partial charge in [-0.15, -0.1) is 0 Å². The molecule has 0 radical (unpaired) electrons. The Bertz CT molecular complexity index is 659. The third-order valence-corrected chi connectivity index (χ3v) is 2.69. The second-order valence-corrected chi connectivity index (χ2v) is 4.08. The maximum Gasteiger partial charge on any atom is 0.255 e. The summed E-state index contributed by atoms with van der Waals surface area (Å²) in [4.78, 5) is 12.0. The van der Waals surface area contributed by atoms with Crippen LogP contribution in [0.15, 0.2) is 36.4 Å². The summed E-state index contributed by atoms with van der Waals surface area (Å²) in [5.41, 5.74) is 5.97. The van der Waals surface area contributed by atoms with E-state index in [9.17, 15) is 14.3 Å². The first kappa shape index (κ1) is 13.7. The number of carbonyl (C=O) groups excluding carboxylic acids is 1. The second-order valence-electron chi connectivity index (χ2n) is 4.08. The molecule has 6 heteroatoms. The number of hydrogen-bond acceptors (Lipinski definition) is 4. The zero-order valence-electron chi connectivity index (χ0n) is 10.7. The number of nitrogens with two attached hydrogens (primary N) is 1. The average molecular weight is 276 g/mol. The van der Waals surface area contributed by atoms with Crippen LogP contribution < -0.4 is 15.8 Å². The highest BCUT2D eigenvalue weighted by Crippen LogP contribution is 2.26. The molecule has 0 aliphatic heterocycles. The number of hydrogen-bond donors (Lipinski definition) is 3. The van der Waals surface area contributed by atoms with Crippen LogP contribution >= 0.6 is 0 Å². The largest absolute Gasteiger partial charge is 0.504 e. The Labute approximate surface area is 114 Å². The third kappa shape index (κ3) is 2.80. The van der Waals surface area contributed by atoms with E-state index in [1.807, 2.05) is 0 Å². The number of rotatable bonds is 3. The van der Waals surface area contributed by atoms with Gasteiger partial charge in [0.15, 0.2) is 11.5 Å². The summed E-state index contributed by atoms with van der Waals surface area (Å²) in [6, 6.07) is 8.13. The van der Waals surface area contributed by atoms with E-state index >= 15 is 0 Å². The quantitative estimate of drug-likeness (QED) is 0.751. The van der Waals surface area contributed by atoms with Gasteiger partial charge in [-0.1, -0.05) is 0 Å². The number of halogens is 1. The van der Waals surface area contributed by atoms with Gasteiger partial charge in [0.2, 0.25) is 0 Å². The summed E-state index contributed by atoms with van der Waals surface area (Å²) >= 11 is 0. The molecule has 2 aromatic carbocycles. The minimum absolute atomic E-state index is 0.0552. The molecule has 0 unspecified atom stereocenters. The summed E-state index contributed by atoms with van der Waals surface area (Å²) in [5, 5.41) is 12.2. The molecule has 104 valence electrons. The van der Waals surface area contributed by atoms with Crippen molar-refractivity contribution in [3.05, 3.63) is 47.8 Å². The highest BCUT2D eigenvalue weighted by Gasteiger charge is 2.10. The van der Waals surface area contributed by atoms with Crippen molar-refractivity contribution in [2.24, 2.45) is 0 Å². The van der Waals surface area contributed by atoms with Crippen LogP contribution in [0.3, 0.4) is 0 Å². The van der Waals surface area contributed by atoms with E-state index in [2.05, 4.69) is 5.32 Å². The molecular weight excluding hydrogens is 263 g/mol. The molecule has 0 bridgehead atoms. The number of phenols is 1. The van der Waals surface area contributed by atoms with Gasteiger partial charge in [-0.3, -0.25) is 4.79 Å². The molecule has 0 saturated heterocycles. The molecule has 0 spiro atoms. The smallest absolute Gasteiger partial charge is 0.255 e. The van der Waals surface area contributed by atoms with Crippen molar-refractivity contribution < 1.29 is 19.0 Å². The van der Waals surface area contributed by atoms with Crippen molar-refractivity contribution in [3.8, 4) is 11.5 Å². The van der Waals surface area contributed by atoms with Crippen molar-refractivity contribution in [1.82, 2.24) is 0 Å². The molecule has 0 aliphatic carbocycles. The van der Waals surface area contributed by atoms with E-state index < -0.39 is 11.7 Å². The fourth-order valence-corrected chi connectivity index (χ4v) is 1.66. The zero-order valence-corrected chi connectivity index (χ0v) is 10.7. The number of aromatic hydroxyl groups is 1. The first-order valence-corrected chi connectivity index (χ1v) is 5.74. The van der Waals surface area contributed by atoms with Crippen molar-refractivity contribution in [2.45, 2.75) is 0 Å². The second kappa shape index (κ2) is 5.48. The molecule has 0 saturated carbocycles. The molecular formula is C14H13FN2O3. The Balaban J connectivity index is 2.19. The van der Waals surface area contributed by atoms with Crippen molar-refractivity contribution in [3.63, 3.8) is 0 Å². The molecule has 20 heavy (non-hydrogen) atoms. The van der Waals surface area contributed by atoms with E-state index in [4.69, 9.17) is 10.5 Å². The number of benzene rings is 2. The van der Waals surface area contributed by atoms with E-state index in [-0.39, 0.29) is 22.7 Å². The highest BCUT2D eigenvalue weighted by atomic mass is 19.1. The molecule has 0 aliphatic rings. The molecule has 0 fully saturated rings. The summed E-state index contributed by atoms with van der Waals surface area (Å²) in [6.07, 6.45) is 0. The molecule has 0 atom stereocenters. The number of amides is 1. The standard InChI is InChI=1S/C14H13FN2O3/c1-20-13-5-2-8(6-12(13)18)14(19)17-9-3-4-10(15)11(16)7-9/h2-7,18H,16H2,1H3,(H,17,19). The first-order valence-electron chi connectivity index (χ1n) is 5.74. The van der Waals surface area contributed by atoms with Crippen LogP contribution in [-0.4, -0.2) is 18.1 Å². The lowest BCUT2D eigenvalue weighted by atomic mass is 10.2. The number of carbonyl (C=O) groups is 1. The Morgan fingerprint density at radius 3 is 2.65 bits per heavy atom. The van der Waals surface area contributed by atoms with Gasteiger partial charge < -0.3 is 20.9 Å². The van der Waals surface area contributed by atoms with Crippen LogP contribution in [0, 0.1) is 5.82 Å². The molecule has 2 aromatic rings. The van der Waals surface area contributed by atoms with E-state index in [1.54, 1.807) is 0 Å². The summed E-state index contributed by atoms with van der Waals surface area (Å²) in [7, 11) is 1.41. The Morgan fingerprint density at radius 1 is 1.30 bits per heavy atom. The molecule has 4 N–H and O–H groups in total. The minimum atomic E-state index is -0.551. The fourth-order valence-electron chi connectivity index (χ4n) is 1.66. The van der Waals surface area contributed by atoms with Gasteiger partial charge in [0, 0.05) is 11.3 Å². The van der Waals surface area contributed by atoms with E-state index in [1.165, 1.54) is 37.4 Å². The molecule has 0 heterocycles. The maximum absolute atomic E-state index is 13.0. The number of phenolic OH excluding ortho intramolecular Hbond substituents is 1. The maximum atomic E-state index is 13.0. The summed E-state index contributed by atoms with van der Waals surface area (Å²) < 4.78 is 17.9. The predicted molar refractivity (Wildman–Crippen MR) is 73.4 cm³/mol. The Hall–Kier alpha value is -2.76. The van der Waals surface area contributed by atoms with Gasteiger partial charge >= 0.3 is 0 Å². The van der Waals surface area contributed by atoms with E-state index in [0.717, 1.165) is 6.07 Å². The van der Waals surface area contributed by atoms with Crippen LogP contribution in [0.2, 0.25) is 0 Å². The molecule has 0 aromatic heterocycles. The lowest BCUT2D eigenvalue weighted by Crippen LogP contribution is -2.12. The first-order chi connectivity index (χ1) is 9.51. The number of methoxy groups -OCH3 is 1. The van der Waals surface area contributed by atoms with Gasteiger partial charge in [0.1, 0.15) is 5.82 Å².